The second-order valence-electron chi connectivity index (χ2n) is 11.2. The lowest BCUT2D eigenvalue weighted by atomic mass is 9.47. The van der Waals surface area contributed by atoms with Crippen LogP contribution >= 0.6 is 0 Å². The molecule has 2 saturated carbocycles. The summed E-state index contributed by atoms with van der Waals surface area (Å²) in [5.41, 5.74) is 11.0. The van der Waals surface area contributed by atoms with Crippen LogP contribution in [-0.2, 0) is 4.74 Å². The van der Waals surface area contributed by atoms with Crippen LogP contribution in [-0.4, -0.2) is 23.5 Å². The molecule has 0 bridgehead atoms. The van der Waals surface area contributed by atoms with Crippen LogP contribution < -0.4 is 5.73 Å². The van der Waals surface area contributed by atoms with Gasteiger partial charge < -0.3 is 15.0 Å². The van der Waals surface area contributed by atoms with Crippen LogP contribution in [0.15, 0.2) is 30.3 Å². The molecule has 5 nitrogen and oxygen atoms in total. The molecular formula is C29H30F2N4O. The Kier molecular flexibility index (Phi) is 5.42. The van der Waals surface area contributed by atoms with Crippen molar-refractivity contribution < 1.29 is 13.5 Å². The maximum absolute atomic E-state index is 14.5. The number of benzene rings is 2. The van der Waals surface area contributed by atoms with Crippen molar-refractivity contribution in [3.63, 3.8) is 0 Å². The first-order valence-corrected chi connectivity index (χ1v) is 12.8. The zero-order valence-electron chi connectivity index (χ0n) is 20.4. The zero-order chi connectivity index (χ0) is 25.2. The van der Waals surface area contributed by atoms with Gasteiger partial charge in [-0.15, -0.1) is 0 Å². The molecule has 7 heteroatoms. The van der Waals surface area contributed by atoms with E-state index in [1.807, 2.05) is 16.7 Å². The number of nitrogens with two attached hydrogens (primary N) is 1. The Morgan fingerprint density at radius 2 is 1.81 bits per heavy atom. The number of halogens is 2. The summed E-state index contributed by atoms with van der Waals surface area (Å²) in [6, 6.07) is 9.56. The fraction of sp³-hybridized carbons (Fsp3) is 0.448. The van der Waals surface area contributed by atoms with Crippen LogP contribution in [0.5, 0.6) is 0 Å². The van der Waals surface area contributed by atoms with Crippen LogP contribution in [0.2, 0.25) is 0 Å². The number of hydrogen-bond donors (Lipinski definition) is 2. The molecule has 1 aliphatic heterocycles. The maximum Gasteiger partial charge on any atom is 0.160 e. The van der Waals surface area contributed by atoms with Gasteiger partial charge in [0.2, 0.25) is 0 Å². The van der Waals surface area contributed by atoms with E-state index in [1.54, 1.807) is 12.1 Å². The molecule has 0 amide bonds. The average Bonchev–Trinajstić information content (AvgIpc) is 3.15. The van der Waals surface area contributed by atoms with Crippen molar-refractivity contribution in [2.45, 2.75) is 57.3 Å². The van der Waals surface area contributed by atoms with Crippen molar-refractivity contribution in [1.82, 2.24) is 4.57 Å². The molecule has 6 rings (SSSR count). The quantitative estimate of drug-likeness (QED) is 0.322. The molecule has 36 heavy (non-hydrogen) atoms. The normalized spacial score (nSPS) is 25.9. The topological polar surface area (TPSA) is 87.8 Å². The highest BCUT2D eigenvalue weighted by Gasteiger charge is 2.53. The summed E-state index contributed by atoms with van der Waals surface area (Å²) < 4.78 is 36.1. The molecule has 1 spiro atoms. The molecule has 0 radical (unpaired) electrons. The number of aromatic nitrogens is 1. The highest BCUT2D eigenvalue weighted by molar-refractivity contribution is 6.15. The summed E-state index contributed by atoms with van der Waals surface area (Å²) in [4.78, 5) is 0. The summed E-state index contributed by atoms with van der Waals surface area (Å²) in [5, 5.41) is 18.5. The first-order chi connectivity index (χ1) is 17.3. The molecule has 3 N–H and O–H groups in total. The lowest BCUT2D eigenvalue weighted by molar-refractivity contribution is -0.0342. The van der Waals surface area contributed by atoms with E-state index >= 15 is 0 Å². The molecule has 1 aromatic heterocycles. The Morgan fingerprint density at radius 3 is 2.44 bits per heavy atom. The number of rotatable bonds is 4. The summed E-state index contributed by atoms with van der Waals surface area (Å²) in [6.07, 6.45) is 6.48. The van der Waals surface area contributed by atoms with E-state index in [1.165, 1.54) is 24.5 Å². The Hall–Kier alpha value is -3.24. The fourth-order valence-electron chi connectivity index (χ4n) is 7.32. The largest absolute Gasteiger partial charge is 0.398 e. The summed E-state index contributed by atoms with van der Waals surface area (Å²) >= 11 is 0. The van der Waals surface area contributed by atoms with Crippen molar-refractivity contribution in [2.24, 2.45) is 11.3 Å². The number of nitrogens with zero attached hydrogens (tertiary/aromatic N) is 2. The van der Waals surface area contributed by atoms with Gasteiger partial charge in [-0.1, -0.05) is 6.92 Å². The minimum Gasteiger partial charge on any atom is -0.398 e. The molecule has 3 aromatic rings. The van der Waals surface area contributed by atoms with Crippen LogP contribution in [0.1, 0.15) is 74.1 Å². The van der Waals surface area contributed by atoms with Gasteiger partial charge in [0.05, 0.1) is 5.52 Å². The lowest BCUT2D eigenvalue weighted by Crippen LogP contribution is -2.45. The summed E-state index contributed by atoms with van der Waals surface area (Å²) in [6.45, 7) is 3.62. The Bertz CT molecular complexity index is 1420. The number of nitrogens with one attached hydrogen (secondary N) is 1. The number of fused-ring (bicyclic) bond motifs is 1. The molecule has 2 aromatic carbocycles. The van der Waals surface area contributed by atoms with E-state index in [9.17, 15) is 14.0 Å². The number of anilines is 1. The van der Waals surface area contributed by atoms with Crippen LogP contribution in [0, 0.1) is 39.7 Å². The van der Waals surface area contributed by atoms with Gasteiger partial charge in [0.15, 0.2) is 11.6 Å². The third kappa shape index (κ3) is 3.54. The molecule has 0 atom stereocenters. The van der Waals surface area contributed by atoms with Crippen LogP contribution in [0.4, 0.5) is 14.5 Å². The van der Waals surface area contributed by atoms with Gasteiger partial charge in [-0.05, 0) is 85.6 Å². The third-order valence-corrected chi connectivity index (χ3v) is 8.70. The van der Waals surface area contributed by atoms with Crippen molar-refractivity contribution in [2.75, 3.05) is 18.9 Å². The van der Waals surface area contributed by atoms with E-state index in [-0.39, 0.29) is 11.6 Å². The van der Waals surface area contributed by atoms with Gasteiger partial charge in [-0.25, -0.2) is 8.78 Å². The average molecular weight is 489 g/mol. The predicted octanol–water partition coefficient (Wildman–Crippen LogP) is 6.57. The first-order valence-electron chi connectivity index (χ1n) is 12.8. The SMILES string of the molecule is CC1CC2(C1)CC(c1c(C3CCOCC3)n(-c3ccc(F)c(F)c3)c3cc(C(=N)C#N)c(N)cc13)C2. The lowest BCUT2D eigenvalue weighted by Gasteiger charge is -2.57. The van der Waals surface area contributed by atoms with Gasteiger partial charge >= 0.3 is 0 Å². The van der Waals surface area contributed by atoms with E-state index in [4.69, 9.17) is 15.9 Å². The van der Waals surface area contributed by atoms with Crippen molar-refractivity contribution in [1.29, 1.82) is 10.7 Å². The molecule has 1 saturated heterocycles. The first kappa shape index (κ1) is 23.2. The molecule has 2 aliphatic carbocycles. The number of hydrogen-bond acceptors (Lipinski definition) is 4. The fourth-order valence-corrected chi connectivity index (χ4v) is 7.32. The van der Waals surface area contributed by atoms with E-state index in [0.29, 0.717) is 41.5 Å². The molecule has 3 fully saturated rings. The number of nitrogen functional groups attached to an aromatic ring is 1. The molecule has 186 valence electrons. The highest BCUT2D eigenvalue weighted by atomic mass is 19.2. The van der Waals surface area contributed by atoms with Gasteiger partial charge in [0.25, 0.3) is 0 Å². The van der Waals surface area contributed by atoms with E-state index < -0.39 is 11.6 Å². The van der Waals surface area contributed by atoms with Gasteiger partial charge in [0.1, 0.15) is 11.8 Å². The van der Waals surface area contributed by atoms with Gasteiger partial charge in [-0.3, -0.25) is 5.41 Å². The predicted molar refractivity (Wildman–Crippen MR) is 136 cm³/mol. The third-order valence-electron chi connectivity index (χ3n) is 8.70. The van der Waals surface area contributed by atoms with Crippen molar-refractivity contribution >= 4 is 22.3 Å². The molecule has 2 heterocycles. The summed E-state index contributed by atoms with van der Waals surface area (Å²) in [7, 11) is 0. The Balaban J connectivity index is 1.62. The molecular weight excluding hydrogens is 458 g/mol. The van der Waals surface area contributed by atoms with Crippen LogP contribution in [0.3, 0.4) is 0 Å². The van der Waals surface area contributed by atoms with E-state index in [2.05, 4.69) is 6.92 Å². The van der Waals surface area contributed by atoms with Crippen LogP contribution in [0.25, 0.3) is 16.6 Å². The van der Waals surface area contributed by atoms with Crippen molar-refractivity contribution in [3.05, 3.63) is 58.8 Å². The summed E-state index contributed by atoms with van der Waals surface area (Å²) in [5.74, 6) is -0.449. The van der Waals surface area contributed by atoms with Gasteiger partial charge in [0, 0.05) is 53.2 Å². The minimum atomic E-state index is -0.902. The standard InChI is InChI=1S/C29H30F2N4O/c1-16-11-29(12-16)13-18(14-29)27-21-9-24(33)20(25(34)15-32)10-26(21)35(19-2-3-22(30)23(31)8-19)28(27)17-4-6-36-7-5-17/h2-3,8-10,16-18,34H,4-7,11-14,33H2,1H3. The highest BCUT2D eigenvalue weighted by Crippen LogP contribution is 2.65. The Morgan fingerprint density at radius 1 is 1.08 bits per heavy atom. The zero-order valence-corrected chi connectivity index (χ0v) is 20.4. The van der Waals surface area contributed by atoms with E-state index in [0.717, 1.165) is 54.3 Å². The van der Waals surface area contributed by atoms with Crippen molar-refractivity contribution in [3.8, 4) is 11.8 Å². The second-order valence-corrected chi connectivity index (χ2v) is 11.2. The molecule has 3 aliphatic rings. The Labute approximate surface area is 209 Å². The van der Waals surface area contributed by atoms with Gasteiger partial charge in [-0.2, -0.15) is 5.26 Å². The minimum absolute atomic E-state index is 0.200. The smallest absolute Gasteiger partial charge is 0.160 e. The number of ether oxygens (including phenoxy) is 1. The second kappa shape index (κ2) is 8.41. The maximum atomic E-state index is 14.5. The monoisotopic (exact) mass is 488 g/mol. The number of nitriles is 1. The molecule has 0 unspecified atom stereocenters.